The second kappa shape index (κ2) is 5.71. The van der Waals surface area contributed by atoms with Crippen molar-refractivity contribution in [2.75, 3.05) is 24.5 Å². The first kappa shape index (κ1) is 13.4. The summed E-state index contributed by atoms with van der Waals surface area (Å²) in [6, 6.07) is 0. The second-order valence-electron chi connectivity index (χ2n) is 4.79. The third kappa shape index (κ3) is 2.52. The van der Waals surface area contributed by atoms with Crippen LogP contribution in [0, 0.1) is 0 Å². The van der Waals surface area contributed by atoms with Gasteiger partial charge in [-0.25, -0.2) is 4.98 Å². The zero-order chi connectivity index (χ0) is 11.7. The van der Waals surface area contributed by atoms with E-state index in [4.69, 9.17) is 0 Å². The van der Waals surface area contributed by atoms with Crippen LogP contribution >= 0.6 is 12.4 Å². The summed E-state index contributed by atoms with van der Waals surface area (Å²) in [5.41, 5.74) is 1.83. The van der Waals surface area contributed by atoms with Crippen LogP contribution in [0.2, 0.25) is 0 Å². The van der Waals surface area contributed by atoms with Gasteiger partial charge in [0.1, 0.15) is 0 Å². The van der Waals surface area contributed by atoms with Crippen LogP contribution in [0.4, 0.5) is 5.95 Å². The first-order valence-corrected chi connectivity index (χ1v) is 6.42. The highest BCUT2D eigenvalue weighted by Crippen LogP contribution is 2.16. The van der Waals surface area contributed by atoms with E-state index >= 15 is 0 Å². The van der Waals surface area contributed by atoms with Crippen molar-refractivity contribution in [2.45, 2.75) is 32.2 Å². The maximum atomic E-state index is 12.0. The van der Waals surface area contributed by atoms with Gasteiger partial charge in [-0.1, -0.05) is 0 Å². The van der Waals surface area contributed by atoms with Crippen molar-refractivity contribution in [3.63, 3.8) is 0 Å². The molecule has 1 aromatic heterocycles. The van der Waals surface area contributed by atoms with Crippen molar-refractivity contribution in [1.82, 2.24) is 15.3 Å². The van der Waals surface area contributed by atoms with Crippen LogP contribution in [0.3, 0.4) is 0 Å². The number of hydrogen-bond acceptors (Lipinski definition) is 4. The molecule has 1 fully saturated rings. The number of halogens is 1. The monoisotopic (exact) mass is 270 g/mol. The Kier molecular flexibility index (Phi) is 4.24. The minimum Gasteiger partial charge on any atom is -0.342 e. The van der Waals surface area contributed by atoms with Crippen molar-refractivity contribution in [3.8, 4) is 0 Å². The standard InChI is InChI=1S/C12H18N4O.ClH/c17-11-9-8-13-5-4-10(9)14-12(15-11)16-6-2-1-3-7-16;/h13H,1-8H2,(H,14,15,17);1H. The molecule has 0 saturated carbocycles. The molecular formula is C12H19ClN4O. The van der Waals surface area contributed by atoms with E-state index in [0.29, 0.717) is 6.54 Å². The smallest absolute Gasteiger partial charge is 0.257 e. The Bertz CT molecular complexity index is 468. The molecule has 2 N–H and O–H groups in total. The van der Waals surface area contributed by atoms with Crippen molar-refractivity contribution in [1.29, 1.82) is 0 Å². The summed E-state index contributed by atoms with van der Waals surface area (Å²) < 4.78 is 0. The lowest BCUT2D eigenvalue weighted by Crippen LogP contribution is -2.36. The van der Waals surface area contributed by atoms with Gasteiger partial charge in [0, 0.05) is 32.6 Å². The first-order chi connectivity index (χ1) is 8.34. The van der Waals surface area contributed by atoms with Crippen LogP contribution in [-0.4, -0.2) is 29.6 Å². The number of aromatic nitrogens is 2. The highest BCUT2D eigenvalue weighted by atomic mass is 35.5. The van der Waals surface area contributed by atoms with Crippen LogP contribution < -0.4 is 15.8 Å². The number of H-pyrrole nitrogens is 1. The van der Waals surface area contributed by atoms with E-state index in [0.717, 1.165) is 43.3 Å². The molecule has 3 rings (SSSR count). The molecule has 0 aromatic carbocycles. The minimum absolute atomic E-state index is 0. The SMILES string of the molecule is Cl.O=c1[nH]c(N2CCCCC2)nc2c1CNCC2. The third-order valence-corrected chi connectivity index (χ3v) is 3.58. The lowest BCUT2D eigenvalue weighted by atomic mass is 10.1. The van der Waals surface area contributed by atoms with E-state index in [1.54, 1.807) is 0 Å². The normalized spacial score (nSPS) is 19.0. The fourth-order valence-electron chi connectivity index (χ4n) is 2.60. The van der Waals surface area contributed by atoms with Crippen molar-refractivity contribution >= 4 is 18.4 Å². The van der Waals surface area contributed by atoms with Gasteiger partial charge < -0.3 is 10.2 Å². The lowest BCUT2D eigenvalue weighted by molar-refractivity contribution is 0.560. The molecular weight excluding hydrogens is 252 g/mol. The van der Waals surface area contributed by atoms with Gasteiger partial charge in [-0.2, -0.15) is 0 Å². The summed E-state index contributed by atoms with van der Waals surface area (Å²) in [7, 11) is 0. The molecule has 0 atom stereocenters. The maximum Gasteiger partial charge on any atom is 0.257 e. The summed E-state index contributed by atoms with van der Waals surface area (Å²) >= 11 is 0. The predicted octanol–water partition coefficient (Wildman–Crippen LogP) is 0.828. The second-order valence-corrected chi connectivity index (χ2v) is 4.79. The Balaban J connectivity index is 0.00000120. The molecule has 1 saturated heterocycles. The molecule has 2 aliphatic rings. The van der Waals surface area contributed by atoms with E-state index < -0.39 is 0 Å². The molecule has 100 valence electrons. The summed E-state index contributed by atoms with van der Waals surface area (Å²) in [6.07, 6.45) is 4.54. The molecule has 18 heavy (non-hydrogen) atoms. The number of hydrogen-bond donors (Lipinski definition) is 2. The zero-order valence-corrected chi connectivity index (χ0v) is 11.2. The number of nitrogens with zero attached hydrogens (tertiary/aromatic N) is 2. The highest BCUT2D eigenvalue weighted by Gasteiger charge is 2.18. The number of anilines is 1. The zero-order valence-electron chi connectivity index (χ0n) is 10.4. The Morgan fingerprint density at radius 2 is 1.94 bits per heavy atom. The number of aromatic amines is 1. The molecule has 0 radical (unpaired) electrons. The number of fused-ring (bicyclic) bond motifs is 1. The van der Waals surface area contributed by atoms with Gasteiger partial charge in [0.2, 0.25) is 5.95 Å². The quantitative estimate of drug-likeness (QED) is 0.794. The molecule has 6 heteroatoms. The molecule has 0 aliphatic carbocycles. The van der Waals surface area contributed by atoms with E-state index in [2.05, 4.69) is 20.2 Å². The Labute approximate surface area is 112 Å². The number of rotatable bonds is 1. The molecule has 0 bridgehead atoms. The van der Waals surface area contributed by atoms with Crippen molar-refractivity contribution < 1.29 is 0 Å². The third-order valence-electron chi connectivity index (χ3n) is 3.58. The fraction of sp³-hybridized carbons (Fsp3) is 0.667. The summed E-state index contributed by atoms with van der Waals surface area (Å²) in [5.74, 6) is 0.773. The molecule has 2 aliphatic heterocycles. The van der Waals surface area contributed by atoms with Crippen LogP contribution in [0.5, 0.6) is 0 Å². The summed E-state index contributed by atoms with van der Waals surface area (Å²) in [4.78, 5) is 21.7. The van der Waals surface area contributed by atoms with Gasteiger partial charge in [0.05, 0.1) is 11.3 Å². The maximum absolute atomic E-state index is 12.0. The van der Waals surface area contributed by atoms with Crippen molar-refractivity contribution in [2.24, 2.45) is 0 Å². The largest absolute Gasteiger partial charge is 0.342 e. The molecule has 0 unspecified atom stereocenters. The van der Waals surface area contributed by atoms with E-state index in [-0.39, 0.29) is 18.0 Å². The minimum atomic E-state index is 0. The topological polar surface area (TPSA) is 61.0 Å². The van der Waals surface area contributed by atoms with Gasteiger partial charge in [-0.15, -0.1) is 12.4 Å². The Morgan fingerprint density at radius 3 is 2.72 bits per heavy atom. The molecule has 0 spiro atoms. The van der Waals surface area contributed by atoms with Crippen LogP contribution in [0.25, 0.3) is 0 Å². The van der Waals surface area contributed by atoms with Gasteiger partial charge in [-0.3, -0.25) is 9.78 Å². The Hall–Kier alpha value is -1.07. The van der Waals surface area contributed by atoms with Crippen LogP contribution in [0.15, 0.2) is 4.79 Å². The average molecular weight is 271 g/mol. The summed E-state index contributed by atoms with van der Waals surface area (Å²) in [6.45, 7) is 3.60. The highest BCUT2D eigenvalue weighted by molar-refractivity contribution is 5.85. The Morgan fingerprint density at radius 1 is 1.17 bits per heavy atom. The average Bonchev–Trinajstić information content (AvgIpc) is 2.40. The van der Waals surface area contributed by atoms with Gasteiger partial charge in [0.15, 0.2) is 0 Å². The first-order valence-electron chi connectivity index (χ1n) is 6.42. The van der Waals surface area contributed by atoms with E-state index in [9.17, 15) is 4.79 Å². The van der Waals surface area contributed by atoms with Gasteiger partial charge in [0.25, 0.3) is 5.56 Å². The van der Waals surface area contributed by atoms with E-state index in [1.807, 2.05) is 0 Å². The molecule has 5 nitrogen and oxygen atoms in total. The van der Waals surface area contributed by atoms with Crippen LogP contribution in [-0.2, 0) is 13.0 Å². The predicted molar refractivity (Wildman–Crippen MR) is 73.6 cm³/mol. The number of piperidine rings is 1. The van der Waals surface area contributed by atoms with Gasteiger partial charge >= 0.3 is 0 Å². The fourth-order valence-corrected chi connectivity index (χ4v) is 2.60. The van der Waals surface area contributed by atoms with Crippen molar-refractivity contribution in [3.05, 3.63) is 21.6 Å². The molecule has 1 aromatic rings. The molecule has 3 heterocycles. The van der Waals surface area contributed by atoms with Gasteiger partial charge in [-0.05, 0) is 19.3 Å². The molecule has 0 amide bonds. The van der Waals surface area contributed by atoms with Crippen LogP contribution in [0.1, 0.15) is 30.5 Å². The number of nitrogens with one attached hydrogen (secondary N) is 2. The van der Waals surface area contributed by atoms with E-state index in [1.165, 1.54) is 19.3 Å². The lowest BCUT2D eigenvalue weighted by Gasteiger charge is -2.28. The summed E-state index contributed by atoms with van der Waals surface area (Å²) in [5, 5.41) is 3.21.